The number of methoxy groups -OCH3 is 1. The zero-order valence-corrected chi connectivity index (χ0v) is 16.7. The average Bonchev–Trinajstić information content (AvgIpc) is 2.67. The summed E-state index contributed by atoms with van der Waals surface area (Å²) in [5.41, 5.74) is 1.52. The van der Waals surface area contributed by atoms with Crippen LogP contribution in [-0.4, -0.2) is 7.11 Å². The lowest BCUT2D eigenvalue weighted by atomic mass is 9.65. The maximum atomic E-state index is 5.31. The Morgan fingerprint density at radius 3 is 2.20 bits per heavy atom. The Bertz CT molecular complexity index is 497. The molecule has 2 aliphatic carbocycles. The van der Waals surface area contributed by atoms with E-state index in [1.54, 1.807) is 7.11 Å². The summed E-state index contributed by atoms with van der Waals surface area (Å²) < 4.78 is 5.31. The number of unbranched alkanes of at least 4 members (excludes halogenated alkanes) is 1. The van der Waals surface area contributed by atoms with Gasteiger partial charge in [0.2, 0.25) is 0 Å². The normalized spacial score (nSPS) is 33.2. The van der Waals surface area contributed by atoms with Gasteiger partial charge in [0, 0.05) is 0 Å². The van der Waals surface area contributed by atoms with Gasteiger partial charge in [-0.15, -0.1) is 0 Å². The van der Waals surface area contributed by atoms with Crippen LogP contribution in [0.3, 0.4) is 0 Å². The van der Waals surface area contributed by atoms with Crippen molar-refractivity contribution >= 4 is 0 Å². The molecule has 0 radical (unpaired) electrons. The van der Waals surface area contributed by atoms with Gasteiger partial charge >= 0.3 is 0 Å². The van der Waals surface area contributed by atoms with E-state index in [0.717, 1.165) is 35.3 Å². The summed E-state index contributed by atoms with van der Waals surface area (Å²) in [5.74, 6) is 5.62. The number of ether oxygens (including phenoxy) is 1. The number of benzene rings is 1. The van der Waals surface area contributed by atoms with Gasteiger partial charge in [0.1, 0.15) is 5.75 Å². The number of hydrogen-bond acceptors (Lipinski definition) is 1. The van der Waals surface area contributed by atoms with E-state index >= 15 is 0 Å². The monoisotopic (exact) mass is 342 g/mol. The molecular weight excluding hydrogens is 304 g/mol. The van der Waals surface area contributed by atoms with Crippen LogP contribution in [0.1, 0.15) is 89.5 Å². The molecule has 1 aromatic carbocycles. The van der Waals surface area contributed by atoms with Gasteiger partial charge < -0.3 is 4.74 Å². The summed E-state index contributed by atoms with van der Waals surface area (Å²) in [5, 5.41) is 0. The van der Waals surface area contributed by atoms with Crippen molar-refractivity contribution < 1.29 is 4.74 Å². The molecule has 0 amide bonds. The van der Waals surface area contributed by atoms with Gasteiger partial charge in [0.05, 0.1) is 7.11 Å². The largest absolute Gasteiger partial charge is 0.497 e. The second-order valence-corrected chi connectivity index (χ2v) is 8.85. The van der Waals surface area contributed by atoms with Crippen molar-refractivity contribution in [2.24, 2.45) is 23.7 Å². The van der Waals surface area contributed by atoms with Gasteiger partial charge in [-0.2, -0.15) is 0 Å². The predicted octanol–water partition coefficient (Wildman–Crippen LogP) is 7.21. The molecule has 2 fully saturated rings. The van der Waals surface area contributed by atoms with E-state index in [1.165, 1.54) is 69.8 Å². The third-order valence-corrected chi connectivity index (χ3v) is 7.28. The Morgan fingerprint density at radius 2 is 1.60 bits per heavy atom. The Morgan fingerprint density at radius 1 is 0.920 bits per heavy atom. The Labute approximate surface area is 155 Å². The first kappa shape index (κ1) is 18.8. The number of rotatable bonds is 6. The summed E-state index contributed by atoms with van der Waals surface area (Å²) in [4.78, 5) is 0. The molecule has 0 saturated heterocycles. The molecule has 3 unspecified atom stereocenters. The Hall–Kier alpha value is -0.980. The molecule has 0 aromatic heterocycles. The van der Waals surface area contributed by atoms with Crippen LogP contribution in [0, 0.1) is 23.7 Å². The highest BCUT2D eigenvalue weighted by atomic mass is 16.5. The van der Waals surface area contributed by atoms with Gasteiger partial charge in [0.25, 0.3) is 0 Å². The molecule has 1 nitrogen and oxygen atoms in total. The topological polar surface area (TPSA) is 9.23 Å². The van der Waals surface area contributed by atoms with Crippen molar-refractivity contribution in [1.82, 2.24) is 0 Å². The average molecular weight is 343 g/mol. The van der Waals surface area contributed by atoms with Crippen molar-refractivity contribution in [2.45, 2.75) is 84.0 Å². The van der Waals surface area contributed by atoms with Gasteiger partial charge in [-0.3, -0.25) is 0 Å². The van der Waals surface area contributed by atoms with Crippen LogP contribution >= 0.6 is 0 Å². The fourth-order valence-electron chi connectivity index (χ4n) is 5.65. The summed E-state index contributed by atoms with van der Waals surface area (Å²) in [7, 11) is 1.75. The van der Waals surface area contributed by atoms with E-state index in [2.05, 4.69) is 38.1 Å². The third kappa shape index (κ3) is 4.80. The zero-order valence-electron chi connectivity index (χ0n) is 16.7. The van der Waals surface area contributed by atoms with E-state index in [9.17, 15) is 0 Å². The standard InChI is InChI=1S/C24H38O/c1-4-5-6-19-7-9-20(10-8-19)22-13-16-24(18(2)17-22)21-11-14-23(25-3)15-12-21/h11-12,14-15,18-20,22,24H,4-10,13,16-17H2,1-3H3/t18?,19-,20-,22?,24?. The third-order valence-electron chi connectivity index (χ3n) is 7.28. The van der Waals surface area contributed by atoms with Gasteiger partial charge in [-0.1, -0.05) is 58.1 Å². The van der Waals surface area contributed by atoms with Gasteiger partial charge in [-0.25, -0.2) is 0 Å². The second kappa shape index (κ2) is 9.10. The molecule has 3 atom stereocenters. The predicted molar refractivity (Wildman–Crippen MR) is 107 cm³/mol. The minimum absolute atomic E-state index is 0.753. The van der Waals surface area contributed by atoms with Crippen LogP contribution in [0.2, 0.25) is 0 Å². The van der Waals surface area contributed by atoms with Crippen molar-refractivity contribution in [2.75, 3.05) is 7.11 Å². The lowest BCUT2D eigenvalue weighted by molar-refractivity contribution is 0.130. The maximum Gasteiger partial charge on any atom is 0.118 e. The molecule has 0 aliphatic heterocycles. The van der Waals surface area contributed by atoms with Gasteiger partial charge in [-0.05, 0) is 79.4 Å². The van der Waals surface area contributed by atoms with E-state index in [1.807, 2.05) is 0 Å². The van der Waals surface area contributed by atoms with Crippen molar-refractivity contribution in [1.29, 1.82) is 0 Å². The maximum absolute atomic E-state index is 5.31. The van der Waals surface area contributed by atoms with Crippen LogP contribution in [0.4, 0.5) is 0 Å². The lowest BCUT2D eigenvalue weighted by Gasteiger charge is -2.41. The van der Waals surface area contributed by atoms with Crippen molar-refractivity contribution in [3.63, 3.8) is 0 Å². The van der Waals surface area contributed by atoms with E-state index < -0.39 is 0 Å². The van der Waals surface area contributed by atoms with Crippen LogP contribution in [-0.2, 0) is 0 Å². The second-order valence-electron chi connectivity index (χ2n) is 8.85. The molecule has 3 rings (SSSR count). The minimum Gasteiger partial charge on any atom is -0.497 e. The summed E-state index contributed by atoms with van der Waals surface area (Å²) in [6, 6.07) is 8.84. The Kier molecular flexibility index (Phi) is 6.84. The summed E-state index contributed by atoms with van der Waals surface area (Å²) >= 11 is 0. The van der Waals surface area contributed by atoms with E-state index in [-0.39, 0.29) is 0 Å². The molecule has 2 aliphatic rings. The van der Waals surface area contributed by atoms with Gasteiger partial charge in [0.15, 0.2) is 0 Å². The molecule has 0 bridgehead atoms. The molecule has 140 valence electrons. The molecule has 1 aromatic rings. The molecule has 25 heavy (non-hydrogen) atoms. The summed E-state index contributed by atoms with van der Waals surface area (Å²) in [6.45, 7) is 4.82. The first-order valence-electron chi connectivity index (χ1n) is 10.8. The fourth-order valence-corrected chi connectivity index (χ4v) is 5.65. The molecule has 0 heterocycles. The molecule has 0 N–H and O–H groups in total. The highest BCUT2D eigenvalue weighted by Crippen LogP contribution is 2.47. The minimum atomic E-state index is 0.753. The first-order valence-corrected chi connectivity index (χ1v) is 10.8. The molecule has 2 saturated carbocycles. The highest BCUT2D eigenvalue weighted by Gasteiger charge is 2.34. The van der Waals surface area contributed by atoms with Crippen LogP contribution in [0.15, 0.2) is 24.3 Å². The van der Waals surface area contributed by atoms with E-state index in [0.29, 0.717) is 0 Å². The van der Waals surface area contributed by atoms with Crippen molar-refractivity contribution in [3.05, 3.63) is 29.8 Å². The zero-order chi connectivity index (χ0) is 17.6. The van der Waals surface area contributed by atoms with Crippen LogP contribution in [0.25, 0.3) is 0 Å². The fraction of sp³-hybridized carbons (Fsp3) is 0.750. The van der Waals surface area contributed by atoms with E-state index in [4.69, 9.17) is 4.74 Å². The summed E-state index contributed by atoms with van der Waals surface area (Å²) in [6.07, 6.45) is 14.6. The SMILES string of the molecule is CCCC[C@H]1CC[C@H](C2CCC(c3ccc(OC)cc3)C(C)C2)CC1. The Balaban J connectivity index is 1.50. The molecule has 1 heteroatoms. The lowest BCUT2D eigenvalue weighted by Crippen LogP contribution is -2.29. The molecule has 0 spiro atoms. The first-order chi connectivity index (χ1) is 12.2. The van der Waals surface area contributed by atoms with Crippen LogP contribution in [0.5, 0.6) is 5.75 Å². The van der Waals surface area contributed by atoms with Crippen molar-refractivity contribution in [3.8, 4) is 5.75 Å². The highest BCUT2D eigenvalue weighted by molar-refractivity contribution is 5.30. The number of hydrogen-bond donors (Lipinski definition) is 0. The molecular formula is C24H38O. The van der Waals surface area contributed by atoms with Crippen LogP contribution < -0.4 is 4.74 Å². The smallest absolute Gasteiger partial charge is 0.118 e. The quantitative estimate of drug-likeness (QED) is 0.530.